The van der Waals surface area contributed by atoms with Crippen molar-refractivity contribution in [3.63, 3.8) is 0 Å². The summed E-state index contributed by atoms with van der Waals surface area (Å²) in [4.78, 5) is 12.1. The van der Waals surface area contributed by atoms with E-state index in [0.29, 0.717) is 5.92 Å². The summed E-state index contributed by atoms with van der Waals surface area (Å²) < 4.78 is 0. The maximum atomic E-state index is 12.1. The van der Waals surface area contributed by atoms with E-state index in [-0.39, 0.29) is 11.8 Å². The van der Waals surface area contributed by atoms with Gasteiger partial charge in [-0.05, 0) is 37.0 Å². The number of hydrogen-bond acceptors (Lipinski definition) is 1. The summed E-state index contributed by atoms with van der Waals surface area (Å²) in [5.41, 5.74) is 3.35. The van der Waals surface area contributed by atoms with Crippen LogP contribution in [0.5, 0.6) is 0 Å². The fraction of sp³-hybridized carbons (Fsp3) is 0.235. The Kier molecular flexibility index (Phi) is 3.08. The van der Waals surface area contributed by atoms with Crippen LogP contribution < -0.4 is 5.32 Å². The molecule has 2 aromatic rings. The molecule has 2 heteroatoms. The van der Waals surface area contributed by atoms with Crippen LogP contribution in [0.15, 0.2) is 54.6 Å². The standard InChI is InChI=1S/C17H17NO/c1-12-7-9-14(10-8-12)18-17(19)16-11-15(16)13-5-3-2-4-6-13/h2-10,15-16H,11H2,1H3,(H,18,19)/t15-,16+/m0/s1. The Morgan fingerprint density at radius 1 is 1.05 bits per heavy atom. The molecule has 0 heterocycles. The first-order valence-electron chi connectivity index (χ1n) is 6.66. The first-order chi connectivity index (χ1) is 9.24. The van der Waals surface area contributed by atoms with E-state index in [2.05, 4.69) is 17.4 Å². The smallest absolute Gasteiger partial charge is 0.228 e. The number of nitrogens with one attached hydrogen (secondary N) is 1. The van der Waals surface area contributed by atoms with Gasteiger partial charge in [-0.2, -0.15) is 0 Å². The molecule has 1 saturated carbocycles. The summed E-state index contributed by atoms with van der Waals surface area (Å²) in [5.74, 6) is 0.660. The molecule has 0 unspecified atom stereocenters. The molecular weight excluding hydrogens is 234 g/mol. The zero-order valence-electron chi connectivity index (χ0n) is 11.0. The molecule has 0 aromatic heterocycles. The number of anilines is 1. The van der Waals surface area contributed by atoms with Gasteiger partial charge in [0.15, 0.2) is 0 Å². The first kappa shape index (κ1) is 12.0. The highest BCUT2D eigenvalue weighted by atomic mass is 16.2. The van der Waals surface area contributed by atoms with Crippen LogP contribution in [-0.2, 0) is 4.79 Å². The van der Waals surface area contributed by atoms with Crippen molar-refractivity contribution >= 4 is 11.6 Å². The van der Waals surface area contributed by atoms with Crippen molar-refractivity contribution in [2.75, 3.05) is 5.32 Å². The van der Waals surface area contributed by atoms with Gasteiger partial charge in [0.25, 0.3) is 0 Å². The molecule has 3 rings (SSSR count). The van der Waals surface area contributed by atoms with Crippen LogP contribution in [0.2, 0.25) is 0 Å². The molecule has 0 bridgehead atoms. The number of aryl methyl sites for hydroxylation is 1. The van der Waals surface area contributed by atoms with Gasteiger partial charge in [-0.15, -0.1) is 0 Å². The number of amides is 1. The van der Waals surface area contributed by atoms with Crippen LogP contribution in [0, 0.1) is 12.8 Å². The van der Waals surface area contributed by atoms with Crippen LogP contribution in [0.4, 0.5) is 5.69 Å². The number of rotatable bonds is 3. The molecule has 19 heavy (non-hydrogen) atoms. The lowest BCUT2D eigenvalue weighted by molar-refractivity contribution is -0.117. The Bertz CT molecular complexity index is 574. The minimum absolute atomic E-state index is 0.128. The Morgan fingerprint density at radius 2 is 1.74 bits per heavy atom. The third kappa shape index (κ3) is 2.68. The summed E-state index contributed by atoms with van der Waals surface area (Å²) in [7, 11) is 0. The average Bonchev–Trinajstić information content (AvgIpc) is 3.23. The monoisotopic (exact) mass is 251 g/mol. The first-order valence-corrected chi connectivity index (χ1v) is 6.66. The third-order valence-corrected chi connectivity index (χ3v) is 3.67. The molecule has 1 amide bonds. The van der Waals surface area contributed by atoms with Crippen molar-refractivity contribution in [2.24, 2.45) is 5.92 Å². The lowest BCUT2D eigenvalue weighted by atomic mass is 10.1. The molecule has 0 saturated heterocycles. The highest BCUT2D eigenvalue weighted by molar-refractivity contribution is 5.95. The summed E-state index contributed by atoms with van der Waals surface area (Å²) >= 11 is 0. The fourth-order valence-electron chi connectivity index (χ4n) is 2.43. The molecular formula is C17H17NO. The summed E-state index contributed by atoms with van der Waals surface area (Å²) in [6.07, 6.45) is 0.960. The summed E-state index contributed by atoms with van der Waals surface area (Å²) in [6, 6.07) is 18.2. The quantitative estimate of drug-likeness (QED) is 0.884. The maximum Gasteiger partial charge on any atom is 0.228 e. The van der Waals surface area contributed by atoms with Crippen molar-refractivity contribution in [3.05, 3.63) is 65.7 Å². The molecule has 1 fully saturated rings. The number of carbonyl (C=O) groups excluding carboxylic acids is 1. The van der Waals surface area contributed by atoms with Crippen LogP contribution in [0.3, 0.4) is 0 Å². The van der Waals surface area contributed by atoms with Gasteiger partial charge in [-0.1, -0.05) is 48.0 Å². The molecule has 1 aliphatic rings. The molecule has 0 spiro atoms. The van der Waals surface area contributed by atoms with E-state index in [4.69, 9.17) is 0 Å². The predicted molar refractivity (Wildman–Crippen MR) is 77.1 cm³/mol. The van der Waals surface area contributed by atoms with Gasteiger partial charge in [-0.3, -0.25) is 4.79 Å². The largest absolute Gasteiger partial charge is 0.326 e. The van der Waals surface area contributed by atoms with E-state index in [1.807, 2.05) is 49.4 Å². The fourth-order valence-corrected chi connectivity index (χ4v) is 2.43. The Balaban J connectivity index is 1.63. The molecule has 2 atom stereocenters. The Morgan fingerprint density at radius 3 is 2.42 bits per heavy atom. The van der Waals surface area contributed by atoms with Gasteiger partial charge in [0.05, 0.1) is 0 Å². The molecule has 2 aromatic carbocycles. The molecule has 2 nitrogen and oxygen atoms in total. The van der Waals surface area contributed by atoms with Crippen molar-refractivity contribution in [2.45, 2.75) is 19.3 Å². The van der Waals surface area contributed by atoms with Crippen molar-refractivity contribution < 1.29 is 4.79 Å². The lowest BCUT2D eigenvalue weighted by Crippen LogP contribution is -2.14. The maximum absolute atomic E-state index is 12.1. The second kappa shape index (κ2) is 4.88. The third-order valence-electron chi connectivity index (χ3n) is 3.67. The average molecular weight is 251 g/mol. The minimum Gasteiger partial charge on any atom is -0.326 e. The Labute approximate surface area is 113 Å². The highest BCUT2D eigenvalue weighted by Gasteiger charge is 2.43. The van der Waals surface area contributed by atoms with Gasteiger partial charge in [0.2, 0.25) is 5.91 Å². The van der Waals surface area contributed by atoms with Crippen LogP contribution in [-0.4, -0.2) is 5.91 Å². The van der Waals surface area contributed by atoms with Crippen LogP contribution in [0.1, 0.15) is 23.5 Å². The Hall–Kier alpha value is -2.09. The second-order valence-electron chi connectivity index (χ2n) is 5.21. The molecule has 1 N–H and O–H groups in total. The van der Waals surface area contributed by atoms with Gasteiger partial charge >= 0.3 is 0 Å². The highest BCUT2D eigenvalue weighted by Crippen LogP contribution is 2.47. The van der Waals surface area contributed by atoms with Crippen LogP contribution in [0.25, 0.3) is 0 Å². The van der Waals surface area contributed by atoms with Crippen molar-refractivity contribution in [1.82, 2.24) is 0 Å². The second-order valence-corrected chi connectivity index (χ2v) is 5.21. The summed E-state index contributed by atoms with van der Waals surface area (Å²) in [6.45, 7) is 2.04. The van der Waals surface area contributed by atoms with Gasteiger partial charge in [-0.25, -0.2) is 0 Å². The normalized spacial score (nSPS) is 20.9. The molecule has 0 radical (unpaired) electrons. The number of hydrogen-bond donors (Lipinski definition) is 1. The number of carbonyl (C=O) groups is 1. The molecule has 0 aliphatic heterocycles. The SMILES string of the molecule is Cc1ccc(NC(=O)[C@@H]2C[C@H]2c2ccccc2)cc1. The molecule has 96 valence electrons. The van der Waals surface area contributed by atoms with E-state index in [0.717, 1.165) is 12.1 Å². The lowest BCUT2D eigenvalue weighted by Gasteiger charge is -2.05. The van der Waals surface area contributed by atoms with E-state index < -0.39 is 0 Å². The van der Waals surface area contributed by atoms with E-state index in [1.165, 1.54) is 11.1 Å². The van der Waals surface area contributed by atoms with E-state index in [9.17, 15) is 4.79 Å². The molecule has 1 aliphatic carbocycles. The van der Waals surface area contributed by atoms with Gasteiger partial charge in [0.1, 0.15) is 0 Å². The van der Waals surface area contributed by atoms with Crippen molar-refractivity contribution in [1.29, 1.82) is 0 Å². The van der Waals surface area contributed by atoms with Crippen molar-refractivity contribution in [3.8, 4) is 0 Å². The summed E-state index contributed by atoms with van der Waals surface area (Å²) in [5, 5.41) is 2.99. The van der Waals surface area contributed by atoms with Crippen LogP contribution >= 0.6 is 0 Å². The topological polar surface area (TPSA) is 29.1 Å². The van der Waals surface area contributed by atoms with E-state index in [1.54, 1.807) is 0 Å². The zero-order chi connectivity index (χ0) is 13.2. The number of benzene rings is 2. The van der Waals surface area contributed by atoms with Gasteiger partial charge < -0.3 is 5.32 Å². The van der Waals surface area contributed by atoms with E-state index >= 15 is 0 Å². The van der Waals surface area contributed by atoms with Gasteiger partial charge in [0, 0.05) is 11.6 Å². The minimum atomic E-state index is 0.128. The zero-order valence-corrected chi connectivity index (χ0v) is 11.0. The predicted octanol–water partition coefficient (Wildman–Crippen LogP) is 3.74.